The molecular formula is C37H52N4O5. The van der Waals surface area contributed by atoms with E-state index in [1.807, 2.05) is 43.3 Å². The molecule has 9 heteroatoms. The zero-order valence-corrected chi connectivity index (χ0v) is 27.4. The second kappa shape index (κ2) is 16.9. The van der Waals surface area contributed by atoms with Crippen LogP contribution in [0.15, 0.2) is 54.6 Å². The molecule has 5 rings (SSSR count). The van der Waals surface area contributed by atoms with Crippen molar-refractivity contribution >= 4 is 17.7 Å². The number of piperidine rings is 1. The first kappa shape index (κ1) is 33.9. The normalized spacial score (nSPS) is 19.7. The number of rotatable bonds is 14. The molecule has 2 heterocycles. The molecule has 2 saturated heterocycles. The van der Waals surface area contributed by atoms with Gasteiger partial charge in [0.25, 0.3) is 5.91 Å². The van der Waals surface area contributed by atoms with Gasteiger partial charge < -0.3 is 30.3 Å². The fourth-order valence-corrected chi connectivity index (χ4v) is 7.01. The van der Waals surface area contributed by atoms with Crippen LogP contribution in [-0.4, -0.2) is 80.2 Å². The fourth-order valence-electron chi connectivity index (χ4n) is 7.01. The molecule has 2 aliphatic heterocycles. The third-order valence-corrected chi connectivity index (χ3v) is 9.85. The highest BCUT2D eigenvalue weighted by Gasteiger charge is 2.44. The Morgan fingerprint density at radius 1 is 0.957 bits per heavy atom. The van der Waals surface area contributed by atoms with Crippen LogP contribution in [0.4, 0.5) is 0 Å². The average Bonchev–Trinajstić information content (AvgIpc) is 3.57. The van der Waals surface area contributed by atoms with Crippen molar-refractivity contribution in [3.05, 3.63) is 65.7 Å². The van der Waals surface area contributed by atoms with Crippen molar-refractivity contribution in [2.24, 2.45) is 11.8 Å². The summed E-state index contributed by atoms with van der Waals surface area (Å²) in [5.74, 6) is 0.984. The highest BCUT2D eigenvalue weighted by molar-refractivity contribution is 6.00. The molecule has 1 atom stereocenters. The predicted octanol–water partition coefficient (Wildman–Crippen LogP) is 4.50. The van der Waals surface area contributed by atoms with E-state index in [0.717, 1.165) is 89.3 Å². The third-order valence-electron chi connectivity index (χ3n) is 9.85. The number of carbonyl (C=O) groups is 3. The molecule has 2 aromatic rings. The zero-order valence-electron chi connectivity index (χ0n) is 27.4. The molecule has 3 N–H and O–H groups in total. The van der Waals surface area contributed by atoms with Crippen molar-refractivity contribution in [1.29, 1.82) is 0 Å². The summed E-state index contributed by atoms with van der Waals surface area (Å²) in [6.07, 6.45) is 8.37. The Morgan fingerprint density at radius 3 is 2.41 bits per heavy atom. The second-order valence-electron chi connectivity index (χ2n) is 13.4. The number of hydrogen-bond acceptors (Lipinski definition) is 6. The number of carbonyl (C=O) groups excluding carboxylic acids is 3. The number of ether oxygens (including phenoxy) is 2. The van der Waals surface area contributed by atoms with Crippen LogP contribution < -0.4 is 20.7 Å². The highest BCUT2D eigenvalue weighted by atomic mass is 16.5. The Balaban J connectivity index is 1.19. The van der Waals surface area contributed by atoms with Gasteiger partial charge in [-0.2, -0.15) is 0 Å². The molecule has 2 aromatic carbocycles. The SMILES string of the molecule is CCCOc1cccc(C(=O)NC2(C(=O)N[C@H](Cc3ccccc3)C(=O)NCC3CCN(CC4CCOCC4)CC3)CCCC2)c1. The Hall–Kier alpha value is -3.43. The zero-order chi connectivity index (χ0) is 32.2. The fraction of sp³-hybridized carbons (Fsp3) is 0.595. The van der Waals surface area contributed by atoms with Crippen LogP contribution in [-0.2, 0) is 20.7 Å². The number of likely N-dealkylation sites (tertiary alicyclic amines) is 1. The lowest BCUT2D eigenvalue weighted by atomic mass is 9.93. The predicted molar refractivity (Wildman–Crippen MR) is 179 cm³/mol. The van der Waals surface area contributed by atoms with Crippen LogP contribution in [0.1, 0.15) is 80.6 Å². The summed E-state index contributed by atoms with van der Waals surface area (Å²) in [4.78, 5) is 43.7. The highest BCUT2D eigenvalue weighted by Crippen LogP contribution is 2.31. The number of amides is 3. The van der Waals surface area contributed by atoms with Crippen molar-refractivity contribution in [2.75, 3.05) is 46.0 Å². The molecule has 0 aromatic heterocycles. The van der Waals surface area contributed by atoms with E-state index in [0.29, 0.717) is 49.6 Å². The standard InChI is InChI=1S/C37H52N4O5/c1-2-21-46-32-12-8-11-31(25-32)34(42)40-37(17-6-7-18-37)36(44)39-33(24-28-9-4-3-5-10-28)35(43)38-26-29-13-19-41(20-14-29)27-30-15-22-45-23-16-30/h3-5,8-12,25,29-30,33H,2,6-7,13-24,26-27H2,1H3,(H,38,43)(H,39,44)(H,40,42)/t33-/m1/s1. The van der Waals surface area contributed by atoms with Crippen molar-refractivity contribution in [2.45, 2.75) is 82.7 Å². The molecule has 3 fully saturated rings. The van der Waals surface area contributed by atoms with E-state index < -0.39 is 11.6 Å². The summed E-state index contributed by atoms with van der Waals surface area (Å²) in [6.45, 7) is 8.21. The largest absolute Gasteiger partial charge is 0.494 e. The van der Waals surface area contributed by atoms with E-state index in [9.17, 15) is 14.4 Å². The molecule has 0 bridgehead atoms. The minimum atomic E-state index is -1.07. The van der Waals surface area contributed by atoms with Crippen LogP contribution >= 0.6 is 0 Å². The number of nitrogens with one attached hydrogen (secondary N) is 3. The van der Waals surface area contributed by atoms with E-state index in [2.05, 4.69) is 20.9 Å². The van der Waals surface area contributed by atoms with Gasteiger partial charge in [0, 0.05) is 38.3 Å². The molecule has 46 heavy (non-hydrogen) atoms. The minimum absolute atomic E-state index is 0.179. The van der Waals surface area contributed by atoms with Crippen LogP contribution in [0.25, 0.3) is 0 Å². The summed E-state index contributed by atoms with van der Waals surface area (Å²) < 4.78 is 11.2. The van der Waals surface area contributed by atoms with E-state index in [-0.39, 0.29) is 17.7 Å². The van der Waals surface area contributed by atoms with Crippen molar-refractivity contribution in [3.63, 3.8) is 0 Å². The van der Waals surface area contributed by atoms with Gasteiger partial charge in [-0.05, 0) is 93.6 Å². The van der Waals surface area contributed by atoms with Crippen molar-refractivity contribution < 1.29 is 23.9 Å². The molecule has 0 radical (unpaired) electrons. The Labute approximate surface area is 274 Å². The van der Waals surface area contributed by atoms with Crippen LogP contribution in [0.3, 0.4) is 0 Å². The van der Waals surface area contributed by atoms with Crippen LogP contribution in [0.2, 0.25) is 0 Å². The van der Waals surface area contributed by atoms with Crippen molar-refractivity contribution in [3.8, 4) is 5.75 Å². The lowest BCUT2D eigenvalue weighted by Crippen LogP contribution is -2.61. The first-order chi connectivity index (χ1) is 22.4. The van der Waals surface area contributed by atoms with Crippen LogP contribution in [0.5, 0.6) is 5.75 Å². The Kier molecular flexibility index (Phi) is 12.5. The molecule has 3 aliphatic rings. The minimum Gasteiger partial charge on any atom is -0.494 e. The molecule has 3 amide bonds. The first-order valence-electron chi connectivity index (χ1n) is 17.4. The number of benzene rings is 2. The average molecular weight is 633 g/mol. The lowest BCUT2D eigenvalue weighted by Gasteiger charge is -2.35. The summed E-state index contributed by atoms with van der Waals surface area (Å²) in [5.41, 5.74) is 0.354. The topological polar surface area (TPSA) is 109 Å². The first-order valence-corrected chi connectivity index (χ1v) is 17.4. The maximum Gasteiger partial charge on any atom is 0.252 e. The second-order valence-corrected chi connectivity index (χ2v) is 13.4. The third kappa shape index (κ3) is 9.55. The lowest BCUT2D eigenvalue weighted by molar-refractivity contribution is -0.132. The van der Waals surface area contributed by atoms with Crippen LogP contribution in [0, 0.1) is 11.8 Å². The van der Waals surface area contributed by atoms with Gasteiger partial charge in [0.15, 0.2) is 0 Å². The molecule has 9 nitrogen and oxygen atoms in total. The maximum atomic E-state index is 14.0. The molecular weight excluding hydrogens is 580 g/mol. The molecule has 250 valence electrons. The van der Waals surface area contributed by atoms with Gasteiger partial charge in [0.1, 0.15) is 17.3 Å². The van der Waals surface area contributed by atoms with Gasteiger partial charge in [-0.3, -0.25) is 14.4 Å². The summed E-state index contributed by atoms with van der Waals surface area (Å²) in [7, 11) is 0. The summed E-state index contributed by atoms with van der Waals surface area (Å²) >= 11 is 0. The van der Waals surface area contributed by atoms with Gasteiger partial charge >= 0.3 is 0 Å². The molecule has 1 saturated carbocycles. The molecule has 0 spiro atoms. The summed E-state index contributed by atoms with van der Waals surface area (Å²) in [6, 6.07) is 16.1. The van der Waals surface area contributed by atoms with E-state index >= 15 is 0 Å². The van der Waals surface area contributed by atoms with Gasteiger partial charge in [-0.15, -0.1) is 0 Å². The Bertz CT molecular complexity index is 1270. The summed E-state index contributed by atoms with van der Waals surface area (Å²) in [5, 5.41) is 9.32. The van der Waals surface area contributed by atoms with Crippen molar-refractivity contribution in [1.82, 2.24) is 20.9 Å². The van der Waals surface area contributed by atoms with Gasteiger partial charge in [-0.1, -0.05) is 56.2 Å². The smallest absolute Gasteiger partial charge is 0.252 e. The van der Waals surface area contributed by atoms with Gasteiger partial charge in [-0.25, -0.2) is 0 Å². The maximum absolute atomic E-state index is 14.0. The molecule has 0 unspecified atom stereocenters. The van der Waals surface area contributed by atoms with Gasteiger partial charge in [0.2, 0.25) is 11.8 Å². The van der Waals surface area contributed by atoms with Gasteiger partial charge in [0.05, 0.1) is 6.61 Å². The van der Waals surface area contributed by atoms with E-state index in [4.69, 9.17) is 9.47 Å². The number of hydrogen-bond donors (Lipinski definition) is 3. The van der Waals surface area contributed by atoms with E-state index in [1.165, 1.54) is 0 Å². The number of nitrogens with zero attached hydrogens (tertiary/aromatic N) is 1. The quantitative estimate of drug-likeness (QED) is 0.283. The Morgan fingerprint density at radius 2 is 1.70 bits per heavy atom. The van der Waals surface area contributed by atoms with E-state index in [1.54, 1.807) is 18.2 Å². The monoisotopic (exact) mass is 632 g/mol. The molecule has 1 aliphatic carbocycles.